The maximum absolute atomic E-state index is 12.9. The summed E-state index contributed by atoms with van der Waals surface area (Å²) in [5.74, 6) is 1.14. The van der Waals surface area contributed by atoms with E-state index >= 15 is 0 Å². The lowest BCUT2D eigenvalue weighted by molar-refractivity contribution is 0.0997. The quantitative estimate of drug-likeness (QED) is 0.528. The Morgan fingerprint density at radius 2 is 2.00 bits per heavy atom. The predicted molar refractivity (Wildman–Crippen MR) is 123 cm³/mol. The monoisotopic (exact) mass is 464 g/mol. The molecule has 0 aliphatic rings. The molecule has 0 saturated carbocycles. The first-order valence-electron chi connectivity index (χ1n) is 9.37. The van der Waals surface area contributed by atoms with Gasteiger partial charge in [0.2, 0.25) is 0 Å². The number of aromatic nitrogens is 1. The van der Waals surface area contributed by atoms with Crippen molar-refractivity contribution in [2.75, 3.05) is 19.1 Å². The van der Waals surface area contributed by atoms with Gasteiger partial charge in [0.1, 0.15) is 5.75 Å². The van der Waals surface area contributed by atoms with Gasteiger partial charge in [-0.3, -0.25) is 4.79 Å². The molecular weight excluding hydrogens is 440 g/mol. The zero-order chi connectivity index (χ0) is 21.9. The van der Waals surface area contributed by atoms with Crippen LogP contribution >= 0.6 is 23.1 Å². The number of aryl methyl sites for hydroxylation is 1. The third kappa shape index (κ3) is 4.63. The normalized spacial score (nSPS) is 12.6. The number of methoxy groups -OCH3 is 1. The number of nitrogens with zero attached hydrogens (tertiary/aromatic N) is 2. The molecule has 9 heteroatoms. The van der Waals surface area contributed by atoms with Crippen LogP contribution in [0.2, 0.25) is 0 Å². The Kier molecular flexibility index (Phi) is 7.05. The molecule has 6 nitrogen and oxygen atoms in total. The van der Waals surface area contributed by atoms with Crippen LogP contribution in [-0.2, 0) is 16.4 Å². The van der Waals surface area contributed by atoms with Crippen LogP contribution < -0.4 is 9.54 Å². The van der Waals surface area contributed by atoms with Gasteiger partial charge in [-0.05, 0) is 50.4 Å². The van der Waals surface area contributed by atoms with Gasteiger partial charge in [-0.2, -0.15) is 16.8 Å². The zero-order valence-corrected chi connectivity index (χ0v) is 19.7. The maximum atomic E-state index is 12.9. The number of thioether (sulfide) groups is 1. The number of amides is 1. The van der Waals surface area contributed by atoms with Crippen LogP contribution in [0.15, 0.2) is 52.4 Å². The molecule has 0 bridgehead atoms. The second-order valence-electron chi connectivity index (χ2n) is 6.90. The van der Waals surface area contributed by atoms with Crippen LogP contribution in [0.4, 0.5) is 0 Å². The summed E-state index contributed by atoms with van der Waals surface area (Å²) in [6.07, 6.45) is 2.03. The summed E-state index contributed by atoms with van der Waals surface area (Å²) in [4.78, 5) is 17.9. The third-order valence-electron chi connectivity index (χ3n) is 4.64. The zero-order valence-electron chi connectivity index (χ0n) is 17.3. The summed E-state index contributed by atoms with van der Waals surface area (Å²) < 4.78 is 33.3. The highest BCUT2D eigenvalue weighted by atomic mass is 32.2. The number of thiazole rings is 1. The largest absolute Gasteiger partial charge is 0.497 e. The fourth-order valence-corrected chi connectivity index (χ4v) is 5.39. The van der Waals surface area contributed by atoms with Crippen LogP contribution in [0, 0.1) is 0 Å². The average molecular weight is 465 g/mol. The molecule has 3 rings (SSSR count). The van der Waals surface area contributed by atoms with Gasteiger partial charge in [0.15, 0.2) is 14.6 Å². The number of sulfone groups is 1. The van der Waals surface area contributed by atoms with Crippen molar-refractivity contribution in [1.82, 2.24) is 4.57 Å². The molecule has 2 aromatic carbocycles. The average Bonchev–Trinajstić information content (AvgIpc) is 3.08. The number of hydrogen-bond donors (Lipinski definition) is 0. The first-order valence-corrected chi connectivity index (χ1v) is 13.1. The second-order valence-corrected chi connectivity index (χ2v) is 11.4. The molecular formula is C21H24N2O4S3. The summed E-state index contributed by atoms with van der Waals surface area (Å²) in [7, 11) is -1.85. The minimum Gasteiger partial charge on any atom is -0.497 e. The molecule has 1 aromatic heterocycles. The molecule has 1 heterocycles. The van der Waals surface area contributed by atoms with Crippen LogP contribution in [0.3, 0.4) is 0 Å². The van der Waals surface area contributed by atoms with Crippen molar-refractivity contribution in [2.24, 2.45) is 4.99 Å². The van der Waals surface area contributed by atoms with E-state index in [1.165, 1.54) is 23.5 Å². The van der Waals surface area contributed by atoms with Crippen LogP contribution in [0.1, 0.15) is 24.2 Å². The number of ether oxygens (including phenoxy) is 1. The van der Waals surface area contributed by atoms with Crippen molar-refractivity contribution in [3.05, 3.63) is 52.8 Å². The van der Waals surface area contributed by atoms with Gasteiger partial charge in [0.05, 0.1) is 27.5 Å². The molecule has 0 spiro atoms. The lowest BCUT2D eigenvalue weighted by atomic mass is 10.2. The molecule has 0 saturated heterocycles. The Labute approximate surface area is 184 Å². The van der Waals surface area contributed by atoms with E-state index in [1.807, 2.05) is 29.0 Å². The van der Waals surface area contributed by atoms with Crippen molar-refractivity contribution < 1.29 is 17.9 Å². The van der Waals surface area contributed by atoms with Crippen LogP contribution in [0.25, 0.3) is 10.2 Å². The molecule has 0 radical (unpaired) electrons. The van der Waals surface area contributed by atoms with Crippen molar-refractivity contribution in [3.63, 3.8) is 0 Å². The Morgan fingerprint density at radius 1 is 1.23 bits per heavy atom. The van der Waals surface area contributed by atoms with E-state index in [9.17, 15) is 13.2 Å². The van der Waals surface area contributed by atoms with Gasteiger partial charge in [0, 0.05) is 23.9 Å². The minimum atomic E-state index is -3.47. The number of benzene rings is 2. The first kappa shape index (κ1) is 22.6. The van der Waals surface area contributed by atoms with Crippen LogP contribution in [0.5, 0.6) is 5.75 Å². The molecule has 0 atom stereocenters. The standard InChI is InChI=1S/C21H24N2O4S3/c1-14(2)30(25,26)17-7-5-6-15(12-17)20(24)22-21-23(10-11-28-4)18-13-16(27-3)8-9-19(18)29-21/h5-9,12-14H,10-11H2,1-4H3. The second kappa shape index (κ2) is 9.36. The van der Waals surface area contributed by atoms with Crippen molar-refractivity contribution in [1.29, 1.82) is 0 Å². The summed E-state index contributed by atoms with van der Waals surface area (Å²) in [5, 5.41) is -0.564. The van der Waals surface area contributed by atoms with Gasteiger partial charge >= 0.3 is 0 Å². The number of rotatable bonds is 7. The Hall–Kier alpha value is -2.10. The van der Waals surface area contributed by atoms with Crippen LogP contribution in [-0.4, -0.2) is 43.3 Å². The smallest absolute Gasteiger partial charge is 0.279 e. The van der Waals surface area contributed by atoms with Crippen molar-refractivity contribution in [2.45, 2.75) is 30.5 Å². The highest BCUT2D eigenvalue weighted by Crippen LogP contribution is 2.23. The number of carbonyl (C=O) groups is 1. The molecule has 0 aliphatic carbocycles. The molecule has 30 heavy (non-hydrogen) atoms. The van der Waals surface area contributed by atoms with Crippen molar-refractivity contribution >= 4 is 49.1 Å². The number of fused-ring (bicyclic) bond motifs is 1. The fraction of sp³-hybridized carbons (Fsp3) is 0.333. The van der Waals surface area contributed by atoms with E-state index in [0.717, 1.165) is 21.7 Å². The lowest BCUT2D eigenvalue weighted by Crippen LogP contribution is -2.18. The molecule has 0 fully saturated rings. The summed E-state index contributed by atoms with van der Waals surface area (Å²) in [5.41, 5.74) is 1.21. The molecule has 0 N–H and O–H groups in total. The lowest BCUT2D eigenvalue weighted by Gasteiger charge is -2.08. The molecule has 160 valence electrons. The Bertz CT molecular complexity index is 1240. The van der Waals surface area contributed by atoms with E-state index in [1.54, 1.807) is 44.9 Å². The highest BCUT2D eigenvalue weighted by Gasteiger charge is 2.20. The van der Waals surface area contributed by atoms with Gasteiger partial charge < -0.3 is 9.30 Å². The minimum absolute atomic E-state index is 0.134. The number of carbonyl (C=O) groups excluding carboxylic acids is 1. The number of hydrogen-bond acceptors (Lipinski definition) is 6. The Balaban J connectivity index is 2.09. The van der Waals surface area contributed by atoms with E-state index in [-0.39, 0.29) is 10.5 Å². The van der Waals surface area contributed by atoms with Gasteiger partial charge in [0.25, 0.3) is 5.91 Å². The van der Waals surface area contributed by atoms with E-state index in [0.29, 0.717) is 11.3 Å². The van der Waals surface area contributed by atoms with Gasteiger partial charge in [-0.15, -0.1) is 0 Å². The van der Waals surface area contributed by atoms with Gasteiger partial charge in [-0.25, -0.2) is 8.42 Å². The first-order chi connectivity index (χ1) is 14.3. The third-order valence-corrected chi connectivity index (χ3v) is 8.44. The SMILES string of the molecule is COc1ccc2sc(=NC(=O)c3cccc(S(=O)(=O)C(C)C)c3)n(CCSC)c2c1. The maximum Gasteiger partial charge on any atom is 0.279 e. The summed E-state index contributed by atoms with van der Waals surface area (Å²) in [6, 6.07) is 11.9. The predicted octanol–water partition coefficient (Wildman–Crippen LogP) is 4.00. The molecule has 3 aromatic rings. The fourth-order valence-electron chi connectivity index (χ4n) is 2.89. The topological polar surface area (TPSA) is 77.7 Å². The molecule has 1 amide bonds. The van der Waals surface area contributed by atoms with Crippen molar-refractivity contribution in [3.8, 4) is 5.75 Å². The van der Waals surface area contributed by atoms with E-state index in [4.69, 9.17) is 4.74 Å². The van der Waals surface area contributed by atoms with Gasteiger partial charge in [-0.1, -0.05) is 17.4 Å². The van der Waals surface area contributed by atoms with E-state index in [2.05, 4.69) is 4.99 Å². The molecule has 0 unspecified atom stereocenters. The summed E-state index contributed by atoms with van der Waals surface area (Å²) >= 11 is 3.13. The van der Waals surface area contributed by atoms with E-state index < -0.39 is 21.0 Å². The Morgan fingerprint density at radius 3 is 2.67 bits per heavy atom. The highest BCUT2D eigenvalue weighted by molar-refractivity contribution is 7.98. The summed E-state index contributed by atoms with van der Waals surface area (Å²) in [6.45, 7) is 3.94. The molecule has 0 aliphatic heterocycles.